The van der Waals surface area contributed by atoms with Crippen molar-refractivity contribution in [2.24, 2.45) is 0 Å². The molecular weight excluding hydrogens is 372 g/mol. The van der Waals surface area contributed by atoms with Crippen molar-refractivity contribution in [1.82, 2.24) is 10.4 Å². The molecule has 0 aromatic heterocycles. The first kappa shape index (κ1) is 17.2. The molecule has 0 aliphatic carbocycles. The van der Waals surface area contributed by atoms with Crippen LogP contribution in [0, 0.1) is 0 Å². The highest BCUT2D eigenvalue weighted by molar-refractivity contribution is 6.30. The summed E-state index contributed by atoms with van der Waals surface area (Å²) in [4.78, 5) is 0. The van der Waals surface area contributed by atoms with Gasteiger partial charge in [0.1, 0.15) is 11.5 Å². The van der Waals surface area contributed by atoms with Crippen molar-refractivity contribution in [2.75, 3.05) is 7.11 Å². The van der Waals surface area contributed by atoms with Crippen molar-refractivity contribution in [3.05, 3.63) is 101 Å². The molecule has 2 heterocycles. The first-order valence-electron chi connectivity index (χ1n) is 9.15. The Bertz CT molecular complexity index is 1050. The third-order valence-corrected chi connectivity index (χ3v) is 5.39. The quantitative estimate of drug-likeness (QED) is 0.654. The van der Waals surface area contributed by atoms with Crippen molar-refractivity contribution in [3.8, 4) is 11.5 Å². The number of para-hydroxylation sites is 1. The Labute approximate surface area is 168 Å². The number of rotatable bonds is 3. The van der Waals surface area contributed by atoms with Crippen LogP contribution in [0.4, 0.5) is 0 Å². The van der Waals surface area contributed by atoms with E-state index in [1.165, 1.54) is 0 Å². The molecule has 0 fully saturated rings. The number of hydrazine groups is 1. The van der Waals surface area contributed by atoms with E-state index in [1.807, 2.05) is 60.7 Å². The molecule has 0 saturated carbocycles. The van der Waals surface area contributed by atoms with E-state index in [4.69, 9.17) is 21.1 Å². The van der Waals surface area contributed by atoms with E-state index in [-0.39, 0.29) is 12.3 Å². The Morgan fingerprint density at radius 1 is 1.00 bits per heavy atom. The van der Waals surface area contributed by atoms with E-state index in [0.29, 0.717) is 5.02 Å². The molecule has 5 heteroatoms. The van der Waals surface area contributed by atoms with Gasteiger partial charge in [-0.05, 0) is 36.4 Å². The smallest absolute Gasteiger partial charge is 0.195 e. The Morgan fingerprint density at radius 3 is 2.64 bits per heavy atom. The Balaban J connectivity index is 1.57. The van der Waals surface area contributed by atoms with Gasteiger partial charge in [0, 0.05) is 21.7 Å². The maximum atomic E-state index is 6.36. The summed E-state index contributed by atoms with van der Waals surface area (Å²) in [6.07, 6.45) is 1.97. The summed E-state index contributed by atoms with van der Waals surface area (Å²) in [5.74, 6) is 1.73. The zero-order valence-corrected chi connectivity index (χ0v) is 16.1. The minimum Gasteiger partial charge on any atom is -0.497 e. The molecule has 3 aromatic carbocycles. The van der Waals surface area contributed by atoms with Gasteiger partial charge in [-0.3, -0.25) is 0 Å². The zero-order chi connectivity index (χ0) is 19.1. The highest BCUT2D eigenvalue weighted by Gasteiger charge is 2.40. The molecule has 2 atom stereocenters. The van der Waals surface area contributed by atoms with Gasteiger partial charge in [-0.15, -0.1) is 0 Å². The normalized spacial score (nSPS) is 20.4. The largest absolute Gasteiger partial charge is 0.497 e. The summed E-state index contributed by atoms with van der Waals surface area (Å²) < 4.78 is 11.7. The number of ether oxygens (including phenoxy) is 2. The number of hydrogen-bond donors (Lipinski definition) is 1. The fraction of sp³-hybridized carbons (Fsp3) is 0.130. The van der Waals surface area contributed by atoms with Crippen molar-refractivity contribution in [3.63, 3.8) is 0 Å². The summed E-state index contributed by atoms with van der Waals surface area (Å²) in [7, 11) is 1.68. The van der Waals surface area contributed by atoms with E-state index < -0.39 is 0 Å². The SMILES string of the molecule is COc1cccc(C2=C[C@@H]3c4ccccc4O[C@@H](c4ccc(Cl)cc4)N3N2)c1. The average molecular weight is 391 g/mol. The summed E-state index contributed by atoms with van der Waals surface area (Å²) in [5.41, 5.74) is 7.82. The molecule has 0 amide bonds. The molecular formula is C23H19ClN2O2. The third-order valence-electron chi connectivity index (χ3n) is 5.14. The fourth-order valence-electron chi connectivity index (χ4n) is 3.74. The standard InChI is InChI=1S/C23H19ClN2O2/c1-27-18-6-4-5-16(13-18)20-14-21-19-7-2-3-8-22(19)28-23(26(21)25-20)15-9-11-17(24)12-10-15/h2-14,21,23,25H,1H3/t21-,23+/m1/s1. The van der Waals surface area contributed by atoms with E-state index in [9.17, 15) is 0 Å². The van der Waals surface area contributed by atoms with Gasteiger partial charge in [0.25, 0.3) is 0 Å². The highest BCUT2D eigenvalue weighted by Crippen LogP contribution is 2.46. The second-order valence-electron chi connectivity index (χ2n) is 6.84. The number of nitrogens with zero attached hydrogens (tertiary/aromatic N) is 1. The van der Waals surface area contributed by atoms with E-state index in [2.05, 4.69) is 28.6 Å². The number of methoxy groups -OCH3 is 1. The van der Waals surface area contributed by atoms with Crippen LogP contribution in [0.3, 0.4) is 0 Å². The van der Waals surface area contributed by atoms with Gasteiger partial charge in [0.15, 0.2) is 6.23 Å². The van der Waals surface area contributed by atoms with Crippen LogP contribution in [0.25, 0.3) is 5.70 Å². The predicted octanol–water partition coefficient (Wildman–Crippen LogP) is 5.34. The number of fused-ring (bicyclic) bond motifs is 3. The summed E-state index contributed by atoms with van der Waals surface area (Å²) in [6, 6.07) is 24.1. The van der Waals surface area contributed by atoms with Crippen molar-refractivity contribution < 1.29 is 9.47 Å². The van der Waals surface area contributed by atoms with Gasteiger partial charge in [-0.25, -0.2) is 0 Å². The summed E-state index contributed by atoms with van der Waals surface area (Å²) >= 11 is 6.08. The monoisotopic (exact) mass is 390 g/mol. The second kappa shape index (κ2) is 6.89. The van der Waals surface area contributed by atoms with Gasteiger partial charge >= 0.3 is 0 Å². The molecule has 1 N–H and O–H groups in total. The topological polar surface area (TPSA) is 33.7 Å². The van der Waals surface area contributed by atoms with E-state index in [0.717, 1.165) is 33.9 Å². The number of nitrogens with one attached hydrogen (secondary N) is 1. The number of halogens is 1. The highest BCUT2D eigenvalue weighted by atomic mass is 35.5. The lowest BCUT2D eigenvalue weighted by molar-refractivity contribution is -0.0326. The van der Waals surface area contributed by atoms with Gasteiger partial charge in [0.2, 0.25) is 0 Å². The lowest BCUT2D eigenvalue weighted by atomic mass is 10.0. The number of hydrogen-bond acceptors (Lipinski definition) is 4. The van der Waals surface area contributed by atoms with Crippen LogP contribution in [0.1, 0.15) is 29.0 Å². The molecule has 2 aliphatic heterocycles. The Hall–Kier alpha value is -2.95. The number of benzene rings is 3. The fourth-order valence-corrected chi connectivity index (χ4v) is 3.87. The molecule has 28 heavy (non-hydrogen) atoms. The van der Waals surface area contributed by atoms with Crippen LogP contribution in [0.2, 0.25) is 5.02 Å². The first-order valence-corrected chi connectivity index (χ1v) is 9.53. The molecule has 0 bridgehead atoms. The Morgan fingerprint density at radius 2 is 1.82 bits per heavy atom. The molecule has 0 unspecified atom stereocenters. The second-order valence-corrected chi connectivity index (χ2v) is 7.27. The van der Waals surface area contributed by atoms with Crippen LogP contribution in [0.5, 0.6) is 11.5 Å². The van der Waals surface area contributed by atoms with Crippen LogP contribution < -0.4 is 14.9 Å². The molecule has 0 saturated heterocycles. The zero-order valence-electron chi connectivity index (χ0n) is 15.3. The summed E-state index contributed by atoms with van der Waals surface area (Å²) in [6.45, 7) is 0. The van der Waals surface area contributed by atoms with Gasteiger partial charge in [-0.2, -0.15) is 5.01 Å². The van der Waals surface area contributed by atoms with Crippen molar-refractivity contribution in [1.29, 1.82) is 0 Å². The minimum absolute atomic E-state index is 0.0619. The van der Waals surface area contributed by atoms with Crippen LogP contribution in [-0.4, -0.2) is 12.1 Å². The Kier molecular flexibility index (Phi) is 4.23. The third kappa shape index (κ3) is 2.91. The van der Waals surface area contributed by atoms with Gasteiger partial charge in [0.05, 0.1) is 18.8 Å². The molecule has 0 spiro atoms. The van der Waals surface area contributed by atoms with Crippen molar-refractivity contribution >= 4 is 17.3 Å². The van der Waals surface area contributed by atoms with E-state index in [1.54, 1.807) is 7.11 Å². The molecule has 140 valence electrons. The van der Waals surface area contributed by atoms with Gasteiger partial charge in [-0.1, -0.05) is 54.1 Å². The molecule has 0 radical (unpaired) electrons. The molecule has 4 nitrogen and oxygen atoms in total. The maximum absolute atomic E-state index is 6.36. The maximum Gasteiger partial charge on any atom is 0.195 e. The molecule has 2 aliphatic rings. The minimum atomic E-state index is -0.267. The van der Waals surface area contributed by atoms with Crippen LogP contribution >= 0.6 is 11.6 Å². The average Bonchev–Trinajstić information content (AvgIpc) is 3.20. The molecule has 3 aromatic rings. The van der Waals surface area contributed by atoms with Crippen LogP contribution in [-0.2, 0) is 0 Å². The van der Waals surface area contributed by atoms with E-state index >= 15 is 0 Å². The predicted molar refractivity (Wildman–Crippen MR) is 110 cm³/mol. The first-order chi connectivity index (χ1) is 13.7. The molecule has 5 rings (SSSR count). The summed E-state index contributed by atoms with van der Waals surface area (Å²) in [5, 5.41) is 2.85. The lowest BCUT2D eigenvalue weighted by Gasteiger charge is -2.38. The van der Waals surface area contributed by atoms with Crippen molar-refractivity contribution in [2.45, 2.75) is 12.3 Å². The van der Waals surface area contributed by atoms with Crippen LogP contribution in [0.15, 0.2) is 78.9 Å². The van der Waals surface area contributed by atoms with Gasteiger partial charge < -0.3 is 14.9 Å². The lowest BCUT2D eigenvalue weighted by Crippen LogP contribution is -2.43.